The molecule has 0 amide bonds. The number of rotatable bonds is 6. The second-order valence-electron chi connectivity index (χ2n) is 4.97. The second kappa shape index (κ2) is 6.50. The van der Waals surface area contributed by atoms with Gasteiger partial charge in [-0.15, -0.1) is 0 Å². The SMILES string of the molecule is CC(C)CC(C)OCc1ccc(F)cc1C(=N)N. The quantitative estimate of drug-likeness (QED) is 0.604. The van der Waals surface area contributed by atoms with Crippen molar-refractivity contribution in [3.63, 3.8) is 0 Å². The summed E-state index contributed by atoms with van der Waals surface area (Å²) in [5.41, 5.74) is 6.59. The third-order valence-electron chi connectivity index (χ3n) is 2.69. The Morgan fingerprint density at radius 3 is 2.61 bits per heavy atom. The minimum atomic E-state index is -0.390. The Bertz CT molecular complexity index is 418. The zero-order valence-corrected chi connectivity index (χ0v) is 11.2. The van der Waals surface area contributed by atoms with Crippen LogP contribution < -0.4 is 5.73 Å². The number of benzene rings is 1. The molecule has 100 valence electrons. The van der Waals surface area contributed by atoms with E-state index < -0.39 is 0 Å². The first kappa shape index (κ1) is 14.6. The molecule has 1 aromatic carbocycles. The molecule has 18 heavy (non-hydrogen) atoms. The van der Waals surface area contributed by atoms with Gasteiger partial charge in [-0.2, -0.15) is 0 Å². The Labute approximate surface area is 108 Å². The summed E-state index contributed by atoms with van der Waals surface area (Å²) in [7, 11) is 0. The van der Waals surface area contributed by atoms with E-state index in [0.29, 0.717) is 18.1 Å². The van der Waals surface area contributed by atoms with E-state index in [1.807, 2.05) is 6.92 Å². The highest BCUT2D eigenvalue weighted by Gasteiger charge is 2.10. The van der Waals surface area contributed by atoms with E-state index >= 15 is 0 Å². The molecule has 0 saturated heterocycles. The summed E-state index contributed by atoms with van der Waals surface area (Å²) in [6, 6.07) is 4.25. The molecule has 1 rings (SSSR count). The molecule has 0 fully saturated rings. The molecule has 1 aromatic rings. The Hall–Kier alpha value is -1.42. The Balaban J connectivity index is 2.70. The van der Waals surface area contributed by atoms with E-state index in [4.69, 9.17) is 15.9 Å². The van der Waals surface area contributed by atoms with Gasteiger partial charge < -0.3 is 10.5 Å². The van der Waals surface area contributed by atoms with E-state index in [-0.39, 0.29) is 17.8 Å². The number of hydrogen-bond donors (Lipinski definition) is 2. The minimum absolute atomic E-state index is 0.134. The van der Waals surface area contributed by atoms with Gasteiger partial charge >= 0.3 is 0 Å². The largest absolute Gasteiger partial charge is 0.384 e. The summed E-state index contributed by atoms with van der Waals surface area (Å²) in [6.07, 6.45) is 1.10. The van der Waals surface area contributed by atoms with Crippen molar-refractivity contribution in [2.24, 2.45) is 11.7 Å². The number of halogens is 1. The molecule has 1 atom stereocenters. The van der Waals surface area contributed by atoms with Gasteiger partial charge in [-0.3, -0.25) is 5.41 Å². The summed E-state index contributed by atoms with van der Waals surface area (Å²) in [5.74, 6) is 0.0456. The molecule has 0 bridgehead atoms. The predicted octanol–water partition coefficient (Wildman–Crippen LogP) is 3.06. The van der Waals surface area contributed by atoms with E-state index in [1.54, 1.807) is 6.07 Å². The number of ether oxygens (including phenoxy) is 1. The normalized spacial score (nSPS) is 12.7. The van der Waals surface area contributed by atoms with Crippen LogP contribution in [0.15, 0.2) is 18.2 Å². The summed E-state index contributed by atoms with van der Waals surface area (Å²) in [5, 5.41) is 7.43. The van der Waals surface area contributed by atoms with E-state index in [2.05, 4.69) is 13.8 Å². The van der Waals surface area contributed by atoms with Crippen molar-refractivity contribution >= 4 is 5.84 Å². The average molecular weight is 252 g/mol. The van der Waals surface area contributed by atoms with Crippen LogP contribution in [0.3, 0.4) is 0 Å². The van der Waals surface area contributed by atoms with Crippen molar-refractivity contribution in [3.05, 3.63) is 35.1 Å². The lowest BCUT2D eigenvalue weighted by atomic mass is 10.1. The van der Waals surface area contributed by atoms with E-state index in [1.165, 1.54) is 12.1 Å². The van der Waals surface area contributed by atoms with E-state index in [0.717, 1.165) is 12.0 Å². The molecule has 0 saturated carbocycles. The van der Waals surface area contributed by atoms with E-state index in [9.17, 15) is 4.39 Å². The highest BCUT2D eigenvalue weighted by molar-refractivity contribution is 5.96. The maximum Gasteiger partial charge on any atom is 0.123 e. The van der Waals surface area contributed by atoms with Gasteiger partial charge in [0, 0.05) is 5.56 Å². The van der Waals surface area contributed by atoms with Crippen LogP contribution in [0.1, 0.15) is 38.3 Å². The fourth-order valence-electron chi connectivity index (χ4n) is 1.89. The number of hydrogen-bond acceptors (Lipinski definition) is 2. The predicted molar refractivity (Wildman–Crippen MR) is 71.1 cm³/mol. The molecule has 0 aliphatic rings. The smallest absolute Gasteiger partial charge is 0.123 e. The van der Waals surface area contributed by atoms with Crippen LogP contribution in [0.25, 0.3) is 0 Å². The lowest BCUT2D eigenvalue weighted by Gasteiger charge is -2.16. The topological polar surface area (TPSA) is 59.1 Å². The van der Waals surface area contributed by atoms with Gasteiger partial charge in [0.2, 0.25) is 0 Å². The lowest BCUT2D eigenvalue weighted by molar-refractivity contribution is 0.0396. The lowest BCUT2D eigenvalue weighted by Crippen LogP contribution is -2.17. The van der Waals surface area contributed by atoms with Crippen molar-refractivity contribution in [1.82, 2.24) is 0 Å². The number of amidine groups is 1. The molecular weight excluding hydrogens is 231 g/mol. The second-order valence-corrected chi connectivity index (χ2v) is 4.97. The van der Waals surface area contributed by atoms with Gasteiger partial charge in [0.25, 0.3) is 0 Å². The molecule has 3 N–H and O–H groups in total. The molecular formula is C14H21FN2O. The molecule has 0 spiro atoms. The van der Waals surface area contributed by atoms with Crippen LogP contribution in [0.5, 0.6) is 0 Å². The Morgan fingerprint density at radius 2 is 2.06 bits per heavy atom. The maximum absolute atomic E-state index is 13.1. The van der Waals surface area contributed by atoms with Crippen molar-refractivity contribution in [2.75, 3.05) is 0 Å². The van der Waals surface area contributed by atoms with Crippen LogP contribution in [-0.2, 0) is 11.3 Å². The van der Waals surface area contributed by atoms with Gasteiger partial charge in [-0.25, -0.2) is 4.39 Å². The fourth-order valence-corrected chi connectivity index (χ4v) is 1.89. The summed E-state index contributed by atoms with van der Waals surface area (Å²) >= 11 is 0. The maximum atomic E-state index is 13.1. The van der Waals surface area contributed by atoms with Gasteiger partial charge in [0.05, 0.1) is 12.7 Å². The molecule has 0 aromatic heterocycles. The zero-order chi connectivity index (χ0) is 13.7. The standard InChI is InChI=1S/C14H21FN2O/c1-9(2)6-10(3)18-8-11-4-5-12(15)7-13(11)14(16)17/h4-5,7,9-10H,6,8H2,1-3H3,(H3,16,17). The van der Waals surface area contributed by atoms with Gasteiger partial charge in [0.15, 0.2) is 0 Å². The van der Waals surface area contributed by atoms with Gasteiger partial charge in [-0.05, 0) is 37.0 Å². The van der Waals surface area contributed by atoms with Crippen LogP contribution in [0, 0.1) is 17.1 Å². The van der Waals surface area contributed by atoms with Crippen LogP contribution >= 0.6 is 0 Å². The van der Waals surface area contributed by atoms with Gasteiger partial charge in [-0.1, -0.05) is 19.9 Å². The average Bonchev–Trinajstić information content (AvgIpc) is 2.26. The van der Waals surface area contributed by atoms with Crippen LogP contribution in [0.4, 0.5) is 4.39 Å². The van der Waals surface area contributed by atoms with Gasteiger partial charge in [0.1, 0.15) is 11.7 Å². The molecule has 0 heterocycles. The Kier molecular flexibility index (Phi) is 5.28. The monoisotopic (exact) mass is 252 g/mol. The summed E-state index contributed by atoms with van der Waals surface area (Å²) < 4.78 is 18.8. The minimum Gasteiger partial charge on any atom is -0.384 e. The molecule has 4 heteroatoms. The zero-order valence-electron chi connectivity index (χ0n) is 11.2. The first-order valence-electron chi connectivity index (χ1n) is 6.14. The highest BCUT2D eigenvalue weighted by atomic mass is 19.1. The first-order valence-corrected chi connectivity index (χ1v) is 6.14. The first-order chi connectivity index (χ1) is 8.40. The van der Waals surface area contributed by atoms with Crippen molar-refractivity contribution in [2.45, 2.75) is 39.9 Å². The van der Waals surface area contributed by atoms with Crippen LogP contribution in [-0.4, -0.2) is 11.9 Å². The summed E-state index contributed by atoms with van der Waals surface area (Å²) in [6.45, 7) is 6.64. The third-order valence-corrected chi connectivity index (χ3v) is 2.69. The molecule has 0 radical (unpaired) electrons. The number of nitrogens with two attached hydrogens (primary N) is 1. The number of nitrogens with one attached hydrogen (secondary N) is 1. The van der Waals surface area contributed by atoms with Crippen molar-refractivity contribution in [3.8, 4) is 0 Å². The van der Waals surface area contributed by atoms with Crippen molar-refractivity contribution in [1.29, 1.82) is 5.41 Å². The Morgan fingerprint density at radius 1 is 1.39 bits per heavy atom. The fraction of sp³-hybridized carbons (Fsp3) is 0.500. The summed E-state index contributed by atoms with van der Waals surface area (Å²) in [4.78, 5) is 0. The highest BCUT2D eigenvalue weighted by Crippen LogP contribution is 2.15. The van der Waals surface area contributed by atoms with Crippen molar-refractivity contribution < 1.29 is 9.13 Å². The molecule has 1 unspecified atom stereocenters. The molecule has 3 nitrogen and oxygen atoms in total. The third kappa shape index (κ3) is 4.45. The molecule has 0 aliphatic carbocycles. The molecule has 0 aliphatic heterocycles. The number of nitrogen functional groups attached to an aromatic ring is 1. The van der Waals surface area contributed by atoms with Crippen LogP contribution in [0.2, 0.25) is 0 Å².